The molecule has 1 N–H and O–H groups in total. The molecule has 0 unspecified atom stereocenters. The number of carboxylic acid groups (broad SMARTS) is 1. The Morgan fingerprint density at radius 3 is 2.04 bits per heavy atom. The van der Waals surface area contributed by atoms with E-state index in [-0.39, 0.29) is 5.78 Å². The van der Waals surface area contributed by atoms with Crippen LogP contribution in [-0.4, -0.2) is 42.6 Å². The lowest BCUT2D eigenvalue weighted by molar-refractivity contribution is -0.139. The number of nitrogens with zero attached hydrogens (tertiary/aromatic N) is 3. The standard InChI is InChI=1S/C17H17N3O4/c1-20(2)19-18-14-7-3-12(4-8-14)17(23)13-5-9-15(10-6-13)24-11-16(21)22/h3-10H,11H2,1-2H3,(H,21,22)/b19-18+. The lowest BCUT2D eigenvalue weighted by Crippen LogP contribution is -2.09. The van der Waals surface area contributed by atoms with Crippen molar-refractivity contribution in [3.8, 4) is 5.75 Å². The summed E-state index contributed by atoms with van der Waals surface area (Å²) in [7, 11) is 3.54. The molecule has 0 aliphatic heterocycles. The molecule has 0 aliphatic carbocycles. The van der Waals surface area contributed by atoms with Gasteiger partial charge in [0.2, 0.25) is 0 Å². The molecule has 0 radical (unpaired) electrons. The minimum Gasteiger partial charge on any atom is -0.482 e. The number of carbonyl (C=O) groups excluding carboxylic acids is 1. The number of carboxylic acids is 1. The molecule has 0 aromatic heterocycles. The van der Waals surface area contributed by atoms with Crippen LogP contribution < -0.4 is 4.74 Å². The first-order chi connectivity index (χ1) is 11.5. The lowest BCUT2D eigenvalue weighted by atomic mass is 10.0. The van der Waals surface area contributed by atoms with Gasteiger partial charge >= 0.3 is 5.97 Å². The van der Waals surface area contributed by atoms with Crippen LogP contribution in [0.15, 0.2) is 58.9 Å². The van der Waals surface area contributed by atoms with Gasteiger partial charge in [-0.05, 0) is 48.5 Å². The monoisotopic (exact) mass is 327 g/mol. The molecule has 7 nitrogen and oxygen atoms in total. The second-order valence-electron chi connectivity index (χ2n) is 5.12. The number of carbonyl (C=O) groups is 2. The van der Waals surface area contributed by atoms with Gasteiger partial charge in [-0.1, -0.05) is 5.22 Å². The fraction of sp³-hybridized carbons (Fsp3) is 0.176. The fourth-order valence-electron chi connectivity index (χ4n) is 1.83. The van der Waals surface area contributed by atoms with Gasteiger partial charge in [-0.3, -0.25) is 9.80 Å². The summed E-state index contributed by atoms with van der Waals surface area (Å²) >= 11 is 0. The van der Waals surface area contributed by atoms with Gasteiger partial charge in [0.1, 0.15) is 5.75 Å². The van der Waals surface area contributed by atoms with Crippen molar-refractivity contribution in [2.24, 2.45) is 10.3 Å². The van der Waals surface area contributed by atoms with E-state index in [1.165, 1.54) is 0 Å². The van der Waals surface area contributed by atoms with Crippen LogP contribution in [-0.2, 0) is 4.79 Å². The second-order valence-corrected chi connectivity index (χ2v) is 5.12. The van der Waals surface area contributed by atoms with Crippen LogP contribution in [0.25, 0.3) is 0 Å². The van der Waals surface area contributed by atoms with Gasteiger partial charge in [-0.15, -0.1) is 5.11 Å². The van der Waals surface area contributed by atoms with Crippen molar-refractivity contribution in [2.45, 2.75) is 0 Å². The third-order valence-electron chi connectivity index (χ3n) is 2.95. The van der Waals surface area contributed by atoms with Crippen LogP contribution in [0.5, 0.6) is 5.75 Å². The highest BCUT2D eigenvalue weighted by Gasteiger charge is 2.09. The molecule has 0 heterocycles. The number of benzene rings is 2. The topological polar surface area (TPSA) is 91.6 Å². The highest BCUT2D eigenvalue weighted by atomic mass is 16.5. The van der Waals surface area contributed by atoms with Gasteiger partial charge in [0.05, 0.1) is 5.69 Å². The largest absolute Gasteiger partial charge is 0.482 e. The van der Waals surface area contributed by atoms with E-state index in [0.717, 1.165) is 0 Å². The van der Waals surface area contributed by atoms with E-state index in [1.807, 2.05) is 0 Å². The number of ketones is 1. The summed E-state index contributed by atoms with van der Waals surface area (Å²) in [6, 6.07) is 13.1. The highest BCUT2D eigenvalue weighted by Crippen LogP contribution is 2.18. The molecule has 0 amide bonds. The van der Waals surface area contributed by atoms with Gasteiger partial charge in [0.25, 0.3) is 0 Å². The summed E-state index contributed by atoms with van der Waals surface area (Å²) in [5.74, 6) is -0.800. The zero-order valence-corrected chi connectivity index (χ0v) is 13.3. The first kappa shape index (κ1) is 17.1. The molecule has 7 heteroatoms. The second kappa shape index (κ2) is 7.87. The Kier molecular flexibility index (Phi) is 5.62. The Balaban J connectivity index is 2.06. The van der Waals surface area contributed by atoms with E-state index in [4.69, 9.17) is 9.84 Å². The number of aliphatic carboxylic acids is 1. The Labute approximate surface area is 139 Å². The summed E-state index contributed by atoms with van der Waals surface area (Å²) < 4.78 is 5.03. The van der Waals surface area contributed by atoms with Crippen molar-refractivity contribution in [2.75, 3.05) is 20.7 Å². The van der Waals surface area contributed by atoms with Crippen molar-refractivity contribution in [3.05, 3.63) is 59.7 Å². The zero-order valence-electron chi connectivity index (χ0n) is 13.3. The molecule has 2 aromatic carbocycles. The molecule has 0 saturated carbocycles. The summed E-state index contributed by atoms with van der Waals surface area (Å²) in [6.45, 7) is -0.420. The van der Waals surface area contributed by atoms with Crippen molar-refractivity contribution >= 4 is 17.4 Å². The summed E-state index contributed by atoms with van der Waals surface area (Å²) in [6.07, 6.45) is 0. The van der Waals surface area contributed by atoms with Gasteiger partial charge < -0.3 is 9.84 Å². The molecule has 0 fully saturated rings. The molecule has 0 saturated heterocycles. The SMILES string of the molecule is CN(C)/N=N/c1ccc(C(=O)c2ccc(OCC(=O)O)cc2)cc1. The van der Waals surface area contributed by atoms with E-state index < -0.39 is 12.6 Å². The summed E-state index contributed by atoms with van der Waals surface area (Å²) in [5, 5.41) is 18.0. The number of hydrogen-bond acceptors (Lipinski definition) is 5. The average Bonchev–Trinajstić information content (AvgIpc) is 2.58. The van der Waals surface area contributed by atoms with Crippen LogP contribution in [0, 0.1) is 0 Å². The van der Waals surface area contributed by atoms with Gasteiger partial charge in [0, 0.05) is 25.2 Å². The van der Waals surface area contributed by atoms with E-state index >= 15 is 0 Å². The lowest BCUT2D eigenvalue weighted by Gasteiger charge is -2.05. The molecule has 2 aromatic rings. The molecule has 0 aliphatic rings. The van der Waals surface area contributed by atoms with Crippen LogP contribution >= 0.6 is 0 Å². The first-order valence-corrected chi connectivity index (χ1v) is 7.14. The summed E-state index contributed by atoms with van der Waals surface area (Å²) in [5.41, 5.74) is 1.66. The van der Waals surface area contributed by atoms with E-state index in [0.29, 0.717) is 22.6 Å². The predicted molar refractivity (Wildman–Crippen MR) is 87.7 cm³/mol. The molecule has 0 atom stereocenters. The molecular formula is C17H17N3O4. The smallest absolute Gasteiger partial charge is 0.341 e. The van der Waals surface area contributed by atoms with E-state index in [9.17, 15) is 9.59 Å². The van der Waals surface area contributed by atoms with Crippen molar-refractivity contribution in [1.82, 2.24) is 5.01 Å². The van der Waals surface area contributed by atoms with Crippen molar-refractivity contribution in [1.29, 1.82) is 0 Å². The maximum atomic E-state index is 12.4. The van der Waals surface area contributed by atoms with Crippen LogP contribution in [0.1, 0.15) is 15.9 Å². The number of ether oxygens (including phenoxy) is 1. The molecule has 2 rings (SSSR count). The third-order valence-corrected chi connectivity index (χ3v) is 2.95. The van der Waals surface area contributed by atoms with Crippen LogP contribution in [0.2, 0.25) is 0 Å². The maximum absolute atomic E-state index is 12.4. The summed E-state index contributed by atoms with van der Waals surface area (Å²) in [4.78, 5) is 22.9. The number of hydrogen-bond donors (Lipinski definition) is 1. The molecule has 0 spiro atoms. The van der Waals surface area contributed by atoms with Gasteiger partial charge in [-0.2, -0.15) is 0 Å². The quantitative estimate of drug-likeness (QED) is 0.479. The zero-order chi connectivity index (χ0) is 17.5. The minimum atomic E-state index is -1.05. The minimum absolute atomic E-state index is 0.143. The molecule has 124 valence electrons. The van der Waals surface area contributed by atoms with Crippen LogP contribution in [0.4, 0.5) is 5.69 Å². The predicted octanol–water partition coefficient (Wildman–Crippen LogP) is 2.94. The van der Waals surface area contributed by atoms with E-state index in [1.54, 1.807) is 67.6 Å². The van der Waals surface area contributed by atoms with Gasteiger partial charge in [-0.25, -0.2) is 4.79 Å². The van der Waals surface area contributed by atoms with Crippen molar-refractivity contribution < 1.29 is 19.4 Å². The normalized spacial score (nSPS) is 10.6. The van der Waals surface area contributed by atoms with E-state index in [2.05, 4.69) is 10.3 Å². The third kappa shape index (κ3) is 4.91. The number of rotatable bonds is 7. The molecule has 0 bridgehead atoms. The Hall–Kier alpha value is -3.22. The molecule has 24 heavy (non-hydrogen) atoms. The Morgan fingerprint density at radius 2 is 1.54 bits per heavy atom. The molecular weight excluding hydrogens is 310 g/mol. The maximum Gasteiger partial charge on any atom is 0.341 e. The average molecular weight is 327 g/mol. The fourth-order valence-corrected chi connectivity index (χ4v) is 1.83. The Bertz CT molecular complexity index is 737. The van der Waals surface area contributed by atoms with Crippen molar-refractivity contribution in [3.63, 3.8) is 0 Å². The van der Waals surface area contributed by atoms with Gasteiger partial charge in [0.15, 0.2) is 12.4 Å². The highest BCUT2D eigenvalue weighted by molar-refractivity contribution is 6.09. The Morgan fingerprint density at radius 1 is 1.00 bits per heavy atom. The van der Waals surface area contributed by atoms with Crippen LogP contribution in [0.3, 0.4) is 0 Å². The first-order valence-electron chi connectivity index (χ1n) is 7.14.